The van der Waals surface area contributed by atoms with Crippen molar-refractivity contribution in [3.8, 4) is 0 Å². The van der Waals surface area contributed by atoms with E-state index in [1.807, 2.05) is 0 Å². The number of likely N-dealkylation sites (tertiary alicyclic amines) is 1. The third-order valence-corrected chi connectivity index (χ3v) is 2.61. The van der Waals surface area contributed by atoms with Gasteiger partial charge in [-0.05, 0) is 0 Å². The van der Waals surface area contributed by atoms with Crippen LogP contribution >= 0.6 is 0 Å². The van der Waals surface area contributed by atoms with Crippen molar-refractivity contribution in [1.82, 2.24) is 9.91 Å². The molecule has 2 rings (SSSR count). The molecule has 2 aliphatic heterocycles. The molecule has 14 heavy (non-hydrogen) atoms. The summed E-state index contributed by atoms with van der Waals surface area (Å²) >= 11 is 0. The lowest BCUT2D eigenvalue weighted by Crippen LogP contribution is -2.45. The van der Waals surface area contributed by atoms with Crippen LogP contribution < -0.4 is 0 Å². The number of hydrogen-bond donors (Lipinski definition) is 1. The van der Waals surface area contributed by atoms with Crippen molar-refractivity contribution in [3.05, 3.63) is 0 Å². The Hall–Kier alpha value is -1.59. The minimum atomic E-state index is -0.966. The Balaban J connectivity index is 2.15. The van der Waals surface area contributed by atoms with E-state index in [1.54, 1.807) is 7.05 Å². The van der Waals surface area contributed by atoms with Crippen LogP contribution in [0, 0.1) is 5.92 Å². The fourth-order valence-electron chi connectivity index (χ4n) is 1.82. The minimum absolute atomic E-state index is 0.106. The maximum absolute atomic E-state index is 11.5. The van der Waals surface area contributed by atoms with Crippen molar-refractivity contribution >= 4 is 17.7 Å². The molecule has 6 nitrogen and oxygen atoms in total. The van der Waals surface area contributed by atoms with Gasteiger partial charge >= 0.3 is 6.09 Å². The van der Waals surface area contributed by atoms with Gasteiger partial charge in [0.15, 0.2) is 0 Å². The molecule has 0 saturated carbocycles. The molecular weight excluding hydrogens is 186 g/mol. The van der Waals surface area contributed by atoms with Gasteiger partial charge in [-0.3, -0.25) is 4.79 Å². The molecule has 0 aliphatic carbocycles. The number of carboxylic acid groups (broad SMARTS) is 1. The molecule has 0 aromatic carbocycles. The normalized spacial score (nSPS) is 26.2. The number of hydrogen-bond acceptors (Lipinski definition) is 3. The maximum atomic E-state index is 11.5. The summed E-state index contributed by atoms with van der Waals surface area (Å²) in [5.74, 6) is -0.448. The summed E-state index contributed by atoms with van der Waals surface area (Å²) in [5, 5.41) is 14.1. The number of fused-ring (bicyclic) bond motifs is 1. The summed E-state index contributed by atoms with van der Waals surface area (Å²) in [7, 11) is 1.60. The quantitative estimate of drug-likeness (QED) is 0.585. The molecule has 0 aromatic rings. The summed E-state index contributed by atoms with van der Waals surface area (Å²) in [4.78, 5) is 23.5. The van der Waals surface area contributed by atoms with Crippen molar-refractivity contribution < 1.29 is 14.7 Å². The van der Waals surface area contributed by atoms with E-state index in [2.05, 4.69) is 5.10 Å². The van der Waals surface area contributed by atoms with E-state index in [9.17, 15) is 9.59 Å². The molecule has 1 N–H and O–H groups in total. The molecule has 6 heteroatoms. The van der Waals surface area contributed by atoms with Crippen molar-refractivity contribution in [2.75, 3.05) is 20.1 Å². The number of piperidine rings is 1. The summed E-state index contributed by atoms with van der Waals surface area (Å²) in [6.45, 7) is 0.684. The zero-order valence-electron chi connectivity index (χ0n) is 7.80. The van der Waals surface area contributed by atoms with E-state index in [0.717, 1.165) is 5.71 Å². The van der Waals surface area contributed by atoms with E-state index in [1.165, 1.54) is 9.91 Å². The molecule has 0 radical (unpaired) electrons. The van der Waals surface area contributed by atoms with Crippen molar-refractivity contribution in [1.29, 1.82) is 0 Å². The van der Waals surface area contributed by atoms with Gasteiger partial charge in [0.1, 0.15) is 0 Å². The highest BCUT2D eigenvalue weighted by molar-refractivity contribution is 6.08. The molecule has 1 unspecified atom stereocenters. The lowest BCUT2D eigenvalue weighted by molar-refractivity contribution is -0.130. The highest BCUT2D eigenvalue weighted by atomic mass is 16.4. The Morgan fingerprint density at radius 3 is 3.00 bits per heavy atom. The van der Waals surface area contributed by atoms with Crippen LogP contribution in [-0.2, 0) is 4.79 Å². The highest BCUT2D eigenvalue weighted by Gasteiger charge is 2.39. The topological polar surface area (TPSA) is 73.2 Å². The van der Waals surface area contributed by atoms with Crippen LogP contribution in [0.1, 0.15) is 6.42 Å². The number of rotatable bonds is 0. The summed E-state index contributed by atoms with van der Waals surface area (Å²) in [6.07, 6.45) is -0.404. The first kappa shape index (κ1) is 8.98. The Kier molecular flexibility index (Phi) is 1.90. The molecule has 0 bridgehead atoms. The SMILES string of the molecule is CN1N=C2CCN(C(=O)O)CC2C1=O. The van der Waals surface area contributed by atoms with E-state index >= 15 is 0 Å². The third-order valence-electron chi connectivity index (χ3n) is 2.61. The fourth-order valence-corrected chi connectivity index (χ4v) is 1.82. The van der Waals surface area contributed by atoms with Gasteiger partial charge in [0.05, 0.1) is 11.6 Å². The molecule has 1 fully saturated rings. The first-order chi connectivity index (χ1) is 6.59. The minimum Gasteiger partial charge on any atom is -0.465 e. The predicted octanol–water partition coefficient (Wildman–Crippen LogP) is -0.186. The zero-order chi connectivity index (χ0) is 10.3. The van der Waals surface area contributed by atoms with Gasteiger partial charge in [-0.25, -0.2) is 9.80 Å². The van der Waals surface area contributed by atoms with Gasteiger partial charge in [-0.1, -0.05) is 0 Å². The van der Waals surface area contributed by atoms with E-state index < -0.39 is 6.09 Å². The third kappa shape index (κ3) is 1.23. The van der Waals surface area contributed by atoms with Gasteiger partial charge < -0.3 is 10.0 Å². The average molecular weight is 197 g/mol. The van der Waals surface area contributed by atoms with Gasteiger partial charge in [0.2, 0.25) is 0 Å². The Morgan fingerprint density at radius 1 is 1.64 bits per heavy atom. The molecule has 0 spiro atoms. The summed E-state index contributed by atoms with van der Waals surface area (Å²) in [6, 6.07) is 0. The molecule has 1 saturated heterocycles. The predicted molar refractivity (Wildman–Crippen MR) is 47.9 cm³/mol. The molecule has 0 aromatic heterocycles. The number of hydrazone groups is 1. The van der Waals surface area contributed by atoms with E-state index in [4.69, 9.17) is 5.11 Å². The van der Waals surface area contributed by atoms with Gasteiger partial charge in [0, 0.05) is 26.6 Å². The zero-order valence-corrected chi connectivity index (χ0v) is 7.80. The van der Waals surface area contributed by atoms with Crippen LogP contribution in [0.2, 0.25) is 0 Å². The molecule has 76 valence electrons. The van der Waals surface area contributed by atoms with Gasteiger partial charge in [-0.2, -0.15) is 5.10 Å². The lowest BCUT2D eigenvalue weighted by atomic mass is 9.96. The molecule has 2 amide bonds. The Labute approximate surface area is 80.8 Å². The van der Waals surface area contributed by atoms with Crippen molar-refractivity contribution in [2.24, 2.45) is 11.0 Å². The molecule has 1 atom stereocenters. The fraction of sp³-hybridized carbons (Fsp3) is 0.625. The summed E-state index contributed by atoms with van der Waals surface area (Å²) in [5.41, 5.74) is 0.815. The standard InChI is InChI=1S/C8H11N3O3/c1-10-7(12)5-4-11(8(13)14)3-2-6(5)9-10/h5H,2-4H2,1H3,(H,13,14). The average Bonchev–Trinajstić information content (AvgIpc) is 2.43. The maximum Gasteiger partial charge on any atom is 0.407 e. The second-order valence-electron chi connectivity index (χ2n) is 3.48. The number of amides is 2. The number of carbonyl (C=O) groups is 2. The van der Waals surface area contributed by atoms with E-state index in [-0.39, 0.29) is 18.4 Å². The lowest BCUT2D eigenvalue weighted by Gasteiger charge is -2.27. The van der Waals surface area contributed by atoms with Crippen molar-refractivity contribution in [2.45, 2.75) is 6.42 Å². The second kappa shape index (κ2) is 2.97. The van der Waals surface area contributed by atoms with Crippen LogP contribution in [0.3, 0.4) is 0 Å². The number of nitrogens with zero attached hydrogens (tertiary/aromatic N) is 3. The molecule has 2 heterocycles. The smallest absolute Gasteiger partial charge is 0.407 e. The van der Waals surface area contributed by atoms with Crippen LogP contribution in [0.4, 0.5) is 4.79 Å². The van der Waals surface area contributed by atoms with Gasteiger partial charge in [0.25, 0.3) is 5.91 Å². The first-order valence-corrected chi connectivity index (χ1v) is 4.42. The summed E-state index contributed by atoms with van der Waals surface area (Å²) < 4.78 is 0. The van der Waals surface area contributed by atoms with Crippen LogP contribution in [-0.4, -0.2) is 52.9 Å². The van der Waals surface area contributed by atoms with Crippen LogP contribution in [0.25, 0.3) is 0 Å². The monoisotopic (exact) mass is 197 g/mol. The highest BCUT2D eigenvalue weighted by Crippen LogP contribution is 2.22. The second-order valence-corrected chi connectivity index (χ2v) is 3.48. The Bertz CT molecular complexity index is 326. The van der Waals surface area contributed by atoms with Crippen molar-refractivity contribution in [3.63, 3.8) is 0 Å². The Morgan fingerprint density at radius 2 is 2.36 bits per heavy atom. The first-order valence-electron chi connectivity index (χ1n) is 4.42. The number of carbonyl (C=O) groups excluding carboxylic acids is 1. The van der Waals surface area contributed by atoms with Gasteiger partial charge in [-0.15, -0.1) is 0 Å². The molecule has 2 aliphatic rings. The molecular formula is C8H11N3O3. The van der Waals surface area contributed by atoms with E-state index in [0.29, 0.717) is 13.0 Å². The van der Waals surface area contributed by atoms with Crippen LogP contribution in [0.5, 0.6) is 0 Å². The van der Waals surface area contributed by atoms with Crippen LogP contribution in [0.15, 0.2) is 5.10 Å². The largest absolute Gasteiger partial charge is 0.465 e.